The quantitative estimate of drug-likeness (QED) is 0.710. The van der Waals surface area contributed by atoms with Crippen LogP contribution in [-0.4, -0.2) is 24.2 Å². The monoisotopic (exact) mass is 250 g/mol. The van der Waals surface area contributed by atoms with Gasteiger partial charge in [-0.1, -0.05) is 44.2 Å². The maximum atomic E-state index is 11.9. The fraction of sp³-hybridized carbons (Fsp3) is 0.500. The molecule has 1 aromatic rings. The zero-order valence-corrected chi connectivity index (χ0v) is 11.0. The Kier molecular flexibility index (Phi) is 5.31. The van der Waals surface area contributed by atoms with Gasteiger partial charge in [0.2, 0.25) is 5.91 Å². The van der Waals surface area contributed by atoms with E-state index in [0.717, 1.165) is 5.56 Å². The minimum atomic E-state index is -0.642. The van der Waals surface area contributed by atoms with Gasteiger partial charge in [0.1, 0.15) is 6.04 Å². The van der Waals surface area contributed by atoms with Gasteiger partial charge in [0.25, 0.3) is 0 Å². The molecule has 4 N–H and O–H groups in total. The average Bonchev–Trinajstić information content (AvgIpc) is 2.36. The van der Waals surface area contributed by atoms with Crippen LogP contribution >= 0.6 is 0 Å². The van der Waals surface area contributed by atoms with E-state index in [0.29, 0.717) is 13.0 Å². The van der Waals surface area contributed by atoms with E-state index in [1.165, 1.54) is 0 Å². The van der Waals surface area contributed by atoms with Crippen molar-refractivity contribution in [3.8, 4) is 0 Å². The SMILES string of the molecule is CC(C)(CCO)CNC(=O)[C@H](N)c1ccccc1. The Labute approximate surface area is 108 Å². The van der Waals surface area contributed by atoms with Crippen molar-refractivity contribution in [3.63, 3.8) is 0 Å². The number of aliphatic hydroxyl groups excluding tert-OH is 1. The summed E-state index contributed by atoms with van der Waals surface area (Å²) in [5.41, 5.74) is 6.56. The Bertz CT molecular complexity index is 377. The Morgan fingerprint density at radius 3 is 2.56 bits per heavy atom. The molecule has 0 saturated heterocycles. The molecule has 1 rings (SSSR count). The fourth-order valence-corrected chi connectivity index (χ4v) is 1.64. The number of hydrogen-bond acceptors (Lipinski definition) is 3. The molecule has 4 heteroatoms. The molecule has 0 spiro atoms. The summed E-state index contributed by atoms with van der Waals surface area (Å²) in [4.78, 5) is 11.9. The maximum Gasteiger partial charge on any atom is 0.241 e. The first-order valence-corrected chi connectivity index (χ1v) is 6.15. The van der Waals surface area contributed by atoms with Crippen molar-refractivity contribution < 1.29 is 9.90 Å². The number of nitrogens with two attached hydrogens (primary N) is 1. The van der Waals surface area contributed by atoms with E-state index in [1.807, 2.05) is 44.2 Å². The summed E-state index contributed by atoms with van der Waals surface area (Å²) in [6, 6.07) is 8.64. The number of rotatable bonds is 6. The molecule has 18 heavy (non-hydrogen) atoms. The topological polar surface area (TPSA) is 75.3 Å². The van der Waals surface area contributed by atoms with Crippen molar-refractivity contribution >= 4 is 5.91 Å². The normalized spacial score (nSPS) is 13.1. The molecule has 0 aromatic heterocycles. The number of carbonyl (C=O) groups is 1. The summed E-state index contributed by atoms with van der Waals surface area (Å²) in [6.07, 6.45) is 0.647. The molecule has 4 nitrogen and oxygen atoms in total. The van der Waals surface area contributed by atoms with Gasteiger partial charge in [-0.2, -0.15) is 0 Å². The molecular weight excluding hydrogens is 228 g/mol. The summed E-state index contributed by atoms with van der Waals surface area (Å²) < 4.78 is 0. The highest BCUT2D eigenvalue weighted by atomic mass is 16.3. The van der Waals surface area contributed by atoms with Crippen molar-refractivity contribution in [2.45, 2.75) is 26.3 Å². The molecule has 0 bridgehead atoms. The van der Waals surface area contributed by atoms with Crippen molar-refractivity contribution in [2.24, 2.45) is 11.1 Å². The number of aliphatic hydroxyl groups is 1. The summed E-state index contributed by atoms with van der Waals surface area (Å²) in [5.74, 6) is -0.188. The molecule has 0 radical (unpaired) electrons. The van der Waals surface area contributed by atoms with Gasteiger partial charge >= 0.3 is 0 Å². The number of nitrogens with one attached hydrogen (secondary N) is 1. The maximum absolute atomic E-state index is 11.9. The number of hydrogen-bond donors (Lipinski definition) is 3. The van der Waals surface area contributed by atoms with Crippen LogP contribution in [0.1, 0.15) is 31.9 Å². The Hall–Kier alpha value is -1.39. The van der Waals surface area contributed by atoms with Crippen LogP contribution in [0.4, 0.5) is 0 Å². The molecule has 0 heterocycles. The van der Waals surface area contributed by atoms with Gasteiger partial charge < -0.3 is 16.2 Å². The first-order chi connectivity index (χ1) is 8.46. The number of carbonyl (C=O) groups excluding carboxylic acids is 1. The molecule has 0 aliphatic rings. The van der Waals surface area contributed by atoms with E-state index in [-0.39, 0.29) is 17.9 Å². The van der Waals surface area contributed by atoms with Crippen LogP contribution in [0.5, 0.6) is 0 Å². The second-order valence-corrected chi connectivity index (χ2v) is 5.24. The molecule has 1 atom stereocenters. The van der Waals surface area contributed by atoms with Crippen LogP contribution < -0.4 is 11.1 Å². The lowest BCUT2D eigenvalue weighted by Crippen LogP contribution is -2.39. The van der Waals surface area contributed by atoms with Gasteiger partial charge in [-0.05, 0) is 17.4 Å². The lowest BCUT2D eigenvalue weighted by Gasteiger charge is -2.24. The van der Waals surface area contributed by atoms with Crippen molar-refractivity contribution in [2.75, 3.05) is 13.2 Å². The third kappa shape index (κ3) is 4.47. The third-order valence-corrected chi connectivity index (χ3v) is 2.97. The van der Waals surface area contributed by atoms with Crippen molar-refractivity contribution in [1.29, 1.82) is 0 Å². The number of amides is 1. The Morgan fingerprint density at radius 1 is 1.39 bits per heavy atom. The van der Waals surface area contributed by atoms with Crippen molar-refractivity contribution in [3.05, 3.63) is 35.9 Å². The van der Waals surface area contributed by atoms with Gasteiger partial charge in [-0.25, -0.2) is 0 Å². The Morgan fingerprint density at radius 2 is 2.00 bits per heavy atom. The van der Waals surface area contributed by atoms with E-state index in [4.69, 9.17) is 10.8 Å². The molecule has 0 aliphatic carbocycles. The molecule has 0 unspecified atom stereocenters. The molecule has 1 amide bonds. The predicted molar refractivity (Wildman–Crippen MR) is 71.9 cm³/mol. The zero-order valence-electron chi connectivity index (χ0n) is 11.0. The second-order valence-electron chi connectivity index (χ2n) is 5.24. The largest absolute Gasteiger partial charge is 0.396 e. The molecular formula is C14H22N2O2. The van der Waals surface area contributed by atoms with Crippen LogP contribution in [-0.2, 0) is 4.79 Å². The minimum Gasteiger partial charge on any atom is -0.396 e. The van der Waals surface area contributed by atoms with E-state index in [9.17, 15) is 4.79 Å². The van der Waals surface area contributed by atoms with Gasteiger partial charge in [-0.3, -0.25) is 4.79 Å². The molecule has 0 saturated carbocycles. The third-order valence-electron chi connectivity index (χ3n) is 2.97. The zero-order chi connectivity index (χ0) is 13.6. The highest BCUT2D eigenvalue weighted by molar-refractivity contribution is 5.82. The van der Waals surface area contributed by atoms with Crippen LogP contribution in [0.3, 0.4) is 0 Å². The molecule has 0 aliphatic heterocycles. The highest BCUT2D eigenvalue weighted by Gasteiger charge is 2.21. The average molecular weight is 250 g/mol. The first-order valence-electron chi connectivity index (χ1n) is 6.15. The van der Waals surface area contributed by atoms with E-state index in [2.05, 4.69) is 5.32 Å². The van der Waals surface area contributed by atoms with Crippen LogP contribution in [0.25, 0.3) is 0 Å². The summed E-state index contributed by atoms with van der Waals surface area (Å²) in [7, 11) is 0. The molecule has 0 fully saturated rings. The van der Waals surface area contributed by atoms with Gasteiger partial charge in [0, 0.05) is 13.2 Å². The van der Waals surface area contributed by atoms with Crippen LogP contribution in [0.15, 0.2) is 30.3 Å². The fourth-order valence-electron chi connectivity index (χ4n) is 1.64. The van der Waals surface area contributed by atoms with Gasteiger partial charge in [0.15, 0.2) is 0 Å². The highest BCUT2D eigenvalue weighted by Crippen LogP contribution is 2.18. The Balaban J connectivity index is 2.51. The summed E-state index contributed by atoms with van der Waals surface area (Å²) in [6.45, 7) is 4.62. The first kappa shape index (κ1) is 14.7. The lowest BCUT2D eigenvalue weighted by atomic mass is 9.89. The van der Waals surface area contributed by atoms with Gasteiger partial charge in [0.05, 0.1) is 0 Å². The predicted octanol–water partition coefficient (Wildman–Crippen LogP) is 1.21. The van der Waals surface area contributed by atoms with Crippen LogP contribution in [0.2, 0.25) is 0 Å². The minimum absolute atomic E-state index is 0.119. The second kappa shape index (κ2) is 6.52. The summed E-state index contributed by atoms with van der Waals surface area (Å²) in [5, 5.41) is 11.7. The smallest absolute Gasteiger partial charge is 0.241 e. The van der Waals surface area contributed by atoms with Gasteiger partial charge in [-0.15, -0.1) is 0 Å². The van der Waals surface area contributed by atoms with E-state index in [1.54, 1.807) is 0 Å². The molecule has 100 valence electrons. The number of benzene rings is 1. The summed E-state index contributed by atoms with van der Waals surface area (Å²) >= 11 is 0. The van der Waals surface area contributed by atoms with E-state index < -0.39 is 6.04 Å². The van der Waals surface area contributed by atoms with E-state index >= 15 is 0 Å². The lowest BCUT2D eigenvalue weighted by molar-refractivity contribution is -0.123. The van der Waals surface area contributed by atoms with Crippen LogP contribution in [0, 0.1) is 5.41 Å². The molecule has 1 aromatic carbocycles. The standard InChI is InChI=1S/C14H22N2O2/c1-14(2,8-9-17)10-16-13(18)12(15)11-6-4-3-5-7-11/h3-7,12,17H,8-10,15H2,1-2H3,(H,16,18)/t12-/m1/s1. The van der Waals surface area contributed by atoms with Crippen molar-refractivity contribution in [1.82, 2.24) is 5.32 Å².